The van der Waals surface area contributed by atoms with Crippen molar-refractivity contribution in [1.82, 2.24) is 0 Å². The maximum Gasteiger partial charge on any atom is 0.573 e. The molecule has 0 radical (unpaired) electrons. The van der Waals surface area contributed by atoms with Crippen LogP contribution in [0.3, 0.4) is 0 Å². The zero-order valence-electron chi connectivity index (χ0n) is 13.7. The Hall–Kier alpha value is -3.09. The van der Waals surface area contributed by atoms with Crippen molar-refractivity contribution in [2.45, 2.75) is 19.2 Å². The van der Waals surface area contributed by atoms with Crippen LogP contribution in [0.2, 0.25) is 0 Å². The minimum absolute atomic E-state index is 0.288. The number of rotatable bonds is 3. The van der Waals surface area contributed by atoms with E-state index in [1.165, 1.54) is 36.7 Å². The third-order valence-corrected chi connectivity index (χ3v) is 4.03. The molecular formula is C19H16F3N3O. The first-order chi connectivity index (χ1) is 12.4. The zero-order chi connectivity index (χ0) is 18.7. The Kier molecular flexibility index (Phi) is 4.79. The highest BCUT2D eigenvalue weighted by atomic mass is 19.4. The second-order valence-corrected chi connectivity index (χ2v) is 5.74. The fraction of sp³-hybridized carbons (Fsp3) is 0.158. The summed E-state index contributed by atoms with van der Waals surface area (Å²) in [5.41, 5.74) is 10.7. The van der Waals surface area contributed by atoms with E-state index in [0.29, 0.717) is 12.1 Å². The van der Waals surface area contributed by atoms with E-state index < -0.39 is 6.36 Å². The van der Waals surface area contributed by atoms with Crippen LogP contribution in [0.4, 0.5) is 18.9 Å². The van der Waals surface area contributed by atoms with Crippen LogP contribution < -0.4 is 10.5 Å². The number of allylic oxidation sites excluding steroid dienone is 1. The topological polar surface area (TPSA) is 71.5 Å². The summed E-state index contributed by atoms with van der Waals surface area (Å²) in [6.07, 6.45) is -0.533. The number of nitrogens with zero attached hydrogens (tertiary/aromatic N) is 1. The van der Waals surface area contributed by atoms with Crippen LogP contribution in [0, 0.1) is 5.41 Å². The number of hydrogen-bond acceptors (Lipinski definition) is 4. The van der Waals surface area contributed by atoms with Gasteiger partial charge in [-0.2, -0.15) is 0 Å². The number of fused-ring (bicyclic) bond motifs is 1. The molecule has 0 saturated heterocycles. The maximum absolute atomic E-state index is 12.2. The lowest BCUT2D eigenvalue weighted by molar-refractivity contribution is -0.274. The molecule has 0 aromatic heterocycles. The molecule has 7 heteroatoms. The third-order valence-electron chi connectivity index (χ3n) is 4.03. The Morgan fingerprint density at radius 3 is 2.42 bits per heavy atom. The Labute approximate surface area is 148 Å². The van der Waals surface area contributed by atoms with Crippen LogP contribution in [0.25, 0.3) is 5.57 Å². The van der Waals surface area contributed by atoms with E-state index in [0.717, 1.165) is 34.4 Å². The molecule has 134 valence electrons. The number of ether oxygens (including phenoxy) is 1. The largest absolute Gasteiger partial charge is 0.573 e. The van der Waals surface area contributed by atoms with Gasteiger partial charge < -0.3 is 15.9 Å². The van der Waals surface area contributed by atoms with Crippen molar-refractivity contribution in [1.29, 1.82) is 5.41 Å². The van der Waals surface area contributed by atoms with Gasteiger partial charge >= 0.3 is 6.36 Å². The minimum atomic E-state index is -4.72. The van der Waals surface area contributed by atoms with E-state index in [9.17, 15) is 13.2 Å². The lowest BCUT2D eigenvalue weighted by Gasteiger charge is -2.21. The summed E-state index contributed by atoms with van der Waals surface area (Å²) in [5.74, 6) is -0.288. The predicted octanol–water partition coefficient (Wildman–Crippen LogP) is 4.60. The molecule has 1 aliphatic rings. The van der Waals surface area contributed by atoms with Crippen molar-refractivity contribution in [3.8, 4) is 5.75 Å². The molecule has 2 aromatic carbocycles. The first kappa shape index (κ1) is 17.7. The SMILES string of the molecule is N=Cc1ccc2c(c1)CCC(=Nc1ccc(OC(F)(F)F)cc1)C2=CN. The molecular weight excluding hydrogens is 343 g/mol. The van der Waals surface area contributed by atoms with Crippen LogP contribution in [0.5, 0.6) is 5.75 Å². The van der Waals surface area contributed by atoms with Gasteiger partial charge in [-0.15, -0.1) is 13.2 Å². The molecule has 3 N–H and O–H groups in total. The van der Waals surface area contributed by atoms with E-state index in [1.54, 1.807) is 0 Å². The summed E-state index contributed by atoms with van der Waals surface area (Å²) in [6, 6.07) is 11.1. The first-order valence-corrected chi connectivity index (χ1v) is 7.89. The molecule has 3 rings (SSSR count). The maximum atomic E-state index is 12.2. The molecule has 0 heterocycles. The van der Waals surface area contributed by atoms with E-state index in [1.807, 2.05) is 18.2 Å². The fourth-order valence-corrected chi connectivity index (χ4v) is 2.90. The highest BCUT2D eigenvalue weighted by Crippen LogP contribution is 2.31. The lowest BCUT2D eigenvalue weighted by Crippen LogP contribution is -2.16. The average Bonchev–Trinajstić information content (AvgIpc) is 2.61. The van der Waals surface area contributed by atoms with Gasteiger partial charge in [0.05, 0.1) is 11.4 Å². The van der Waals surface area contributed by atoms with Crippen molar-refractivity contribution in [3.05, 3.63) is 65.4 Å². The van der Waals surface area contributed by atoms with E-state index in [2.05, 4.69) is 9.73 Å². The lowest BCUT2D eigenvalue weighted by atomic mass is 9.85. The van der Waals surface area contributed by atoms with Gasteiger partial charge in [0, 0.05) is 18.0 Å². The molecule has 2 aromatic rings. The highest BCUT2D eigenvalue weighted by Gasteiger charge is 2.31. The first-order valence-electron chi connectivity index (χ1n) is 7.89. The third kappa shape index (κ3) is 3.93. The molecule has 0 aliphatic heterocycles. The van der Waals surface area contributed by atoms with Gasteiger partial charge in [0.1, 0.15) is 5.75 Å². The van der Waals surface area contributed by atoms with Crippen LogP contribution in [0.15, 0.2) is 53.7 Å². The van der Waals surface area contributed by atoms with Gasteiger partial charge in [-0.3, -0.25) is 4.99 Å². The van der Waals surface area contributed by atoms with E-state index >= 15 is 0 Å². The summed E-state index contributed by atoms with van der Waals surface area (Å²) < 4.78 is 40.5. The van der Waals surface area contributed by atoms with Gasteiger partial charge in [-0.05, 0) is 59.9 Å². The van der Waals surface area contributed by atoms with Crippen molar-refractivity contribution in [2.24, 2.45) is 10.7 Å². The molecule has 4 nitrogen and oxygen atoms in total. The van der Waals surface area contributed by atoms with Gasteiger partial charge in [-0.1, -0.05) is 12.1 Å². The van der Waals surface area contributed by atoms with Crippen LogP contribution >= 0.6 is 0 Å². The quantitative estimate of drug-likeness (QED) is 0.786. The molecule has 0 spiro atoms. The minimum Gasteiger partial charge on any atom is -0.406 e. The van der Waals surface area contributed by atoms with Crippen LogP contribution in [-0.4, -0.2) is 18.3 Å². The summed E-state index contributed by atoms with van der Waals surface area (Å²) in [6.45, 7) is 0. The Balaban J connectivity index is 1.88. The highest BCUT2D eigenvalue weighted by molar-refractivity contribution is 6.26. The molecule has 0 bridgehead atoms. The van der Waals surface area contributed by atoms with E-state index in [-0.39, 0.29) is 5.75 Å². The number of aryl methyl sites for hydroxylation is 1. The van der Waals surface area contributed by atoms with Crippen LogP contribution in [-0.2, 0) is 6.42 Å². The average molecular weight is 359 g/mol. The normalized spacial score (nSPS) is 17.2. The Bertz CT molecular complexity index is 884. The molecule has 0 fully saturated rings. The summed E-state index contributed by atoms with van der Waals surface area (Å²) in [5, 5.41) is 7.35. The zero-order valence-corrected chi connectivity index (χ0v) is 13.7. The number of halogens is 3. The summed E-state index contributed by atoms with van der Waals surface area (Å²) in [7, 11) is 0. The summed E-state index contributed by atoms with van der Waals surface area (Å²) in [4.78, 5) is 4.54. The van der Waals surface area contributed by atoms with E-state index in [4.69, 9.17) is 11.1 Å². The van der Waals surface area contributed by atoms with Crippen molar-refractivity contribution >= 4 is 23.2 Å². The predicted molar refractivity (Wildman–Crippen MR) is 95.0 cm³/mol. The second kappa shape index (κ2) is 7.03. The standard InChI is InChI=1S/C19H16F3N3O/c20-19(21,22)26-15-5-3-14(4-6-15)25-18-8-2-13-9-12(10-23)1-7-16(13)17(18)11-24/h1,3-7,9-11,23H,2,8,24H2. The number of benzene rings is 2. The number of hydrogen-bond donors (Lipinski definition) is 2. The van der Waals surface area contributed by atoms with Gasteiger partial charge in [-0.25, -0.2) is 0 Å². The van der Waals surface area contributed by atoms with Crippen molar-refractivity contribution in [3.63, 3.8) is 0 Å². The number of aliphatic imine (C=N–C) groups is 1. The monoisotopic (exact) mass is 359 g/mol. The van der Waals surface area contributed by atoms with Gasteiger partial charge in [0.15, 0.2) is 0 Å². The van der Waals surface area contributed by atoms with Crippen LogP contribution in [0.1, 0.15) is 23.1 Å². The van der Waals surface area contributed by atoms with Crippen molar-refractivity contribution in [2.75, 3.05) is 0 Å². The summed E-state index contributed by atoms with van der Waals surface area (Å²) >= 11 is 0. The van der Waals surface area contributed by atoms with Gasteiger partial charge in [0.25, 0.3) is 0 Å². The molecule has 0 saturated carbocycles. The van der Waals surface area contributed by atoms with Crippen molar-refractivity contribution < 1.29 is 17.9 Å². The number of alkyl halides is 3. The molecule has 0 unspecified atom stereocenters. The molecule has 0 atom stereocenters. The Morgan fingerprint density at radius 1 is 1.08 bits per heavy atom. The molecule has 26 heavy (non-hydrogen) atoms. The fourth-order valence-electron chi connectivity index (χ4n) is 2.90. The smallest absolute Gasteiger partial charge is 0.406 e. The molecule has 0 amide bonds. The molecule has 1 aliphatic carbocycles. The second-order valence-electron chi connectivity index (χ2n) is 5.74. The van der Waals surface area contributed by atoms with Gasteiger partial charge in [0.2, 0.25) is 0 Å². The number of nitrogens with one attached hydrogen (secondary N) is 1. The Morgan fingerprint density at radius 2 is 1.81 bits per heavy atom. The number of nitrogens with two attached hydrogens (primary N) is 1.